The molecule has 5 nitrogen and oxygen atoms in total. The van der Waals surface area contributed by atoms with Crippen LogP contribution in [0.15, 0.2) is 24.3 Å². The maximum Gasteiger partial charge on any atom is 0.227 e. The van der Waals surface area contributed by atoms with E-state index >= 15 is 0 Å². The molecule has 1 unspecified atom stereocenters. The zero-order valence-electron chi connectivity index (χ0n) is 16.8. The van der Waals surface area contributed by atoms with Crippen molar-refractivity contribution in [2.24, 2.45) is 16.6 Å². The lowest BCUT2D eigenvalue weighted by molar-refractivity contribution is -0.133. The second-order valence-electron chi connectivity index (χ2n) is 9.36. The van der Waals surface area contributed by atoms with E-state index in [0.29, 0.717) is 19.4 Å². The summed E-state index contributed by atoms with van der Waals surface area (Å²) >= 11 is 0. The quantitative estimate of drug-likeness (QED) is 0.867. The highest BCUT2D eigenvalue weighted by atomic mass is 16.2. The third-order valence-corrected chi connectivity index (χ3v) is 4.95. The molecule has 0 spiro atoms. The molecule has 2 amide bonds. The fraction of sp³-hybridized carbons (Fsp3) is 0.619. The average Bonchev–Trinajstić information content (AvgIpc) is 2.50. The van der Waals surface area contributed by atoms with Crippen molar-refractivity contribution in [1.82, 2.24) is 4.90 Å². The van der Waals surface area contributed by atoms with Crippen molar-refractivity contribution in [2.75, 3.05) is 18.4 Å². The van der Waals surface area contributed by atoms with Crippen LogP contribution in [0.2, 0.25) is 0 Å². The van der Waals surface area contributed by atoms with Crippen LogP contribution in [0.3, 0.4) is 0 Å². The third-order valence-electron chi connectivity index (χ3n) is 4.95. The minimum absolute atomic E-state index is 0.00760. The Bertz CT molecular complexity index is 644. The summed E-state index contributed by atoms with van der Waals surface area (Å²) in [6, 6.07) is 7.68. The first-order valence-corrected chi connectivity index (χ1v) is 9.38. The molecular formula is C21H33N3O2. The third kappa shape index (κ3) is 5.84. The molecular weight excluding hydrogens is 326 g/mol. The molecule has 26 heavy (non-hydrogen) atoms. The standard InChI is InChI=1S/C21H33N3O2/c1-20(2,3)13-18(25)23-16-8-6-15(7-9-16)12-19(26)24-11-10-17(22)21(4,5)14-24/h6-9,17H,10-14,22H2,1-5H3,(H,23,25). The van der Waals surface area contributed by atoms with E-state index in [2.05, 4.69) is 19.2 Å². The van der Waals surface area contributed by atoms with E-state index < -0.39 is 0 Å². The molecule has 1 saturated heterocycles. The summed E-state index contributed by atoms with van der Waals surface area (Å²) in [5.41, 5.74) is 7.78. The average molecular weight is 360 g/mol. The lowest BCUT2D eigenvalue weighted by Crippen LogP contribution is -2.54. The number of nitrogens with two attached hydrogens (primary N) is 1. The van der Waals surface area contributed by atoms with E-state index in [-0.39, 0.29) is 28.7 Å². The molecule has 0 bridgehead atoms. The molecule has 1 aromatic rings. The van der Waals surface area contributed by atoms with Gasteiger partial charge in [0, 0.05) is 31.2 Å². The van der Waals surface area contributed by atoms with Crippen LogP contribution in [-0.4, -0.2) is 35.8 Å². The molecule has 1 aliphatic heterocycles. The molecule has 1 fully saturated rings. The second kappa shape index (κ2) is 7.78. The van der Waals surface area contributed by atoms with Crippen LogP contribution in [0, 0.1) is 10.8 Å². The highest BCUT2D eigenvalue weighted by Crippen LogP contribution is 2.28. The Kier molecular flexibility index (Phi) is 6.12. The summed E-state index contributed by atoms with van der Waals surface area (Å²) in [7, 11) is 0. The van der Waals surface area contributed by atoms with Gasteiger partial charge < -0.3 is 16.0 Å². The predicted molar refractivity (Wildman–Crippen MR) is 106 cm³/mol. The molecule has 1 heterocycles. The number of nitrogens with one attached hydrogen (secondary N) is 1. The Hall–Kier alpha value is -1.88. The minimum atomic E-state index is -0.0465. The summed E-state index contributed by atoms with van der Waals surface area (Å²) in [4.78, 5) is 26.5. The van der Waals surface area contributed by atoms with Gasteiger partial charge in [-0.05, 0) is 34.9 Å². The first kappa shape index (κ1) is 20.4. The Labute approximate surface area is 157 Å². The summed E-state index contributed by atoms with van der Waals surface area (Å²) in [5.74, 6) is 0.141. The van der Waals surface area contributed by atoms with Gasteiger partial charge in [0.05, 0.1) is 6.42 Å². The van der Waals surface area contributed by atoms with Crippen molar-refractivity contribution >= 4 is 17.5 Å². The smallest absolute Gasteiger partial charge is 0.227 e. The van der Waals surface area contributed by atoms with Gasteiger partial charge in [-0.25, -0.2) is 0 Å². The van der Waals surface area contributed by atoms with Crippen LogP contribution < -0.4 is 11.1 Å². The molecule has 0 radical (unpaired) electrons. The zero-order chi connectivity index (χ0) is 19.5. The van der Waals surface area contributed by atoms with Crippen molar-refractivity contribution < 1.29 is 9.59 Å². The summed E-state index contributed by atoms with van der Waals surface area (Å²) in [6.45, 7) is 11.8. The van der Waals surface area contributed by atoms with Crippen LogP contribution in [0.4, 0.5) is 5.69 Å². The number of carbonyl (C=O) groups excluding carboxylic acids is 2. The first-order chi connectivity index (χ1) is 12.0. The Morgan fingerprint density at radius 2 is 1.85 bits per heavy atom. The number of nitrogens with zero attached hydrogens (tertiary/aromatic N) is 1. The molecule has 1 atom stereocenters. The number of rotatable bonds is 4. The van der Waals surface area contributed by atoms with Crippen molar-refractivity contribution in [2.45, 2.75) is 59.9 Å². The molecule has 5 heteroatoms. The van der Waals surface area contributed by atoms with E-state index in [1.807, 2.05) is 49.9 Å². The van der Waals surface area contributed by atoms with Gasteiger partial charge in [0.2, 0.25) is 11.8 Å². The summed E-state index contributed by atoms with van der Waals surface area (Å²) in [5, 5.41) is 2.91. The van der Waals surface area contributed by atoms with Crippen LogP contribution in [0.1, 0.15) is 53.0 Å². The molecule has 1 aliphatic rings. The number of likely N-dealkylation sites (tertiary alicyclic amines) is 1. The summed E-state index contributed by atoms with van der Waals surface area (Å²) < 4.78 is 0. The lowest BCUT2D eigenvalue weighted by Gasteiger charge is -2.42. The van der Waals surface area contributed by atoms with Crippen molar-refractivity contribution in [3.8, 4) is 0 Å². The number of amides is 2. The Balaban J connectivity index is 1.91. The van der Waals surface area contributed by atoms with Gasteiger partial charge in [0.15, 0.2) is 0 Å². The molecule has 3 N–H and O–H groups in total. The monoisotopic (exact) mass is 359 g/mol. The largest absolute Gasteiger partial charge is 0.342 e. The fourth-order valence-corrected chi connectivity index (χ4v) is 3.27. The van der Waals surface area contributed by atoms with E-state index in [4.69, 9.17) is 5.73 Å². The van der Waals surface area contributed by atoms with E-state index in [1.165, 1.54) is 0 Å². The number of hydrogen-bond acceptors (Lipinski definition) is 3. The SMILES string of the molecule is CC(C)(C)CC(=O)Nc1ccc(CC(=O)N2CCC(N)C(C)(C)C2)cc1. The zero-order valence-corrected chi connectivity index (χ0v) is 16.8. The topological polar surface area (TPSA) is 75.4 Å². The minimum Gasteiger partial charge on any atom is -0.342 e. The van der Waals surface area contributed by atoms with Crippen molar-refractivity contribution in [3.63, 3.8) is 0 Å². The lowest BCUT2D eigenvalue weighted by atomic mass is 9.79. The predicted octanol–water partition coefficient (Wildman–Crippen LogP) is 3.19. The van der Waals surface area contributed by atoms with Crippen LogP contribution in [-0.2, 0) is 16.0 Å². The fourth-order valence-electron chi connectivity index (χ4n) is 3.27. The van der Waals surface area contributed by atoms with Crippen LogP contribution in [0.5, 0.6) is 0 Å². The highest BCUT2D eigenvalue weighted by Gasteiger charge is 2.35. The van der Waals surface area contributed by atoms with Crippen LogP contribution in [0.25, 0.3) is 0 Å². The molecule has 0 aromatic heterocycles. The van der Waals surface area contributed by atoms with Gasteiger partial charge in [-0.1, -0.05) is 46.8 Å². The van der Waals surface area contributed by atoms with Gasteiger partial charge in [0.25, 0.3) is 0 Å². The van der Waals surface area contributed by atoms with Crippen molar-refractivity contribution in [3.05, 3.63) is 29.8 Å². The number of piperidine rings is 1. The maximum atomic E-state index is 12.6. The van der Waals surface area contributed by atoms with E-state index in [9.17, 15) is 9.59 Å². The first-order valence-electron chi connectivity index (χ1n) is 9.38. The normalized spacial score (nSPS) is 19.9. The van der Waals surface area contributed by atoms with Gasteiger partial charge in [-0.2, -0.15) is 0 Å². The maximum absolute atomic E-state index is 12.6. The van der Waals surface area contributed by atoms with E-state index in [1.54, 1.807) is 0 Å². The van der Waals surface area contributed by atoms with Gasteiger partial charge in [-0.15, -0.1) is 0 Å². The van der Waals surface area contributed by atoms with Gasteiger partial charge in [-0.3, -0.25) is 9.59 Å². The highest BCUT2D eigenvalue weighted by molar-refractivity contribution is 5.91. The second-order valence-corrected chi connectivity index (χ2v) is 9.36. The number of carbonyl (C=O) groups is 2. The van der Waals surface area contributed by atoms with Crippen molar-refractivity contribution in [1.29, 1.82) is 0 Å². The Morgan fingerprint density at radius 3 is 2.38 bits per heavy atom. The number of benzene rings is 1. The van der Waals surface area contributed by atoms with Gasteiger partial charge in [0.1, 0.15) is 0 Å². The Morgan fingerprint density at radius 1 is 1.23 bits per heavy atom. The molecule has 2 rings (SSSR count). The number of hydrogen-bond donors (Lipinski definition) is 2. The summed E-state index contributed by atoms with van der Waals surface area (Å²) in [6.07, 6.45) is 1.69. The molecule has 0 saturated carbocycles. The number of anilines is 1. The molecule has 1 aromatic carbocycles. The molecule has 144 valence electrons. The van der Waals surface area contributed by atoms with Gasteiger partial charge >= 0.3 is 0 Å². The molecule has 0 aliphatic carbocycles. The van der Waals surface area contributed by atoms with E-state index in [0.717, 1.165) is 24.2 Å². The van der Waals surface area contributed by atoms with Crippen LogP contribution >= 0.6 is 0 Å².